The van der Waals surface area contributed by atoms with Crippen molar-refractivity contribution in [2.45, 2.75) is 32.8 Å². The van der Waals surface area contributed by atoms with Crippen molar-refractivity contribution in [2.24, 2.45) is 11.8 Å². The van der Waals surface area contributed by atoms with Crippen LogP contribution in [0.3, 0.4) is 0 Å². The first-order valence-electron chi connectivity index (χ1n) is 5.63. The van der Waals surface area contributed by atoms with Crippen LogP contribution in [0.5, 0.6) is 0 Å². The van der Waals surface area contributed by atoms with Crippen molar-refractivity contribution in [1.82, 2.24) is 0 Å². The maximum absolute atomic E-state index is 11.6. The van der Waals surface area contributed by atoms with Crippen LogP contribution in [0.2, 0.25) is 0 Å². The highest BCUT2D eigenvalue weighted by atomic mass is 16.6. The van der Waals surface area contributed by atoms with Crippen LogP contribution >= 0.6 is 0 Å². The smallest absolute Gasteiger partial charge is 0.323 e. The molecule has 1 N–H and O–H groups in total. The Balaban J connectivity index is 2.66. The van der Waals surface area contributed by atoms with E-state index in [1.807, 2.05) is 0 Å². The van der Waals surface area contributed by atoms with E-state index >= 15 is 0 Å². The molecule has 1 unspecified atom stereocenters. The average molecular weight is 230 g/mol. The lowest BCUT2D eigenvalue weighted by molar-refractivity contribution is -0.167. The summed E-state index contributed by atoms with van der Waals surface area (Å²) in [5, 5.41) is 9.84. The first kappa shape index (κ1) is 13.0. The topological polar surface area (TPSA) is 72.8 Å². The minimum atomic E-state index is -1.19. The molecule has 0 aliphatic heterocycles. The van der Waals surface area contributed by atoms with Gasteiger partial charge in [-0.3, -0.25) is 9.59 Å². The van der Waals surface area contributed by atoms with Gasteiger partial charge in [0, 0.05) is 0 Å². The molecule has 1 rings (SSSR count). The van der Waals surface area contributed by atoms with E-state index in [4.69, 9.17) is 9.47 Å². The van der Waals surface area contributed by atoms with Crippen LogP contribution in [0.15, 0.2) is 0 Å². The summed E-state index contributed by atoms with van der Waals surface area (Å²) in [5.41, 5.74) is 0. The molecule has 16 heavy (non-hydrogen) atoms. The van der Waals surface area contributed by atoms with E-state index in [-0.39, 0.29) is 19.1 Å². The van der Waals surface area contributed by atoms with Gasteiger partial charge in [0.05, 0.1) is 19.3 Å². The van der Waals surface area contributed by atoms with Crippen LogP contribution in [0.4, 0.5) is 0 Å². The van der Waals surface area contributed by atoms with Gasteiger partial charge in [-0.25, -0.2) is 0 Å². The van der Waals surface area contributed by atoms with Gasteiger partial charge in [-0.1, -0.05) is 0 Å². The second-order valence-corrected chi connectivity index (χ2v) is 3.81. The Labute approximate surface area is 94.7 Å². The quantitative estimate of drug-likeness (QED) is 0.531. The zero-order chi connectivity index (χ0) is 12.1. The van der Waals surface area contributed by atoms with Gasteiger partial charge < -0.3 is 14.6 Å². The maximum atomic E-state index is 11.6. The summed E-state index contributed by atoms with van der Waals surface area (Å²) in [6, 6.07) is 0. The lowest BCUT2D eigenvalue weighted by Crippen LogP contribution is -2.38. The van der Waals surface area contributed by atoms with Crippen LogP contribution in [-0.4, -0.2) is 36.4 Å². The van der Waals surface area contributed by atoms with Gasteiger partial charge in [0.2, 0.25) is 0 Å². The molecule has 1 aliphatic carbocycles. The summed E-state index contributed by atoms with van der Waals surface area (Å²) >= 11 is 0. The van der Waals surface area contributed by atoms with Crippen molar-refractivity contribution < 1.29 is 24.2 Å². The third kappa shape index (κ3) is 3.20. The molecule has 0 aromatic carbocycles. The summed E-state index contributed by atoms with van der Waals surface area (Å²) in [4.78, 5) is 23.1. The molecule has 0 radical (unpaired) electrons. The van der Waals surface area contributed by atoms with Gasteiger partial charge in [0.15, 0.2) is 5.92 Å². The molecule has 1 saturated carbocycles. The van der Waals surface area contributed by atoms with Gasteiger partial charge in [-0.05, 0) is 32.6 Å². The zero-order valence-electron chi connectivity index (χ0n) is 9.64. The van der Waals surface area contributed by atoms with Crippen molar-refractivity contribution >= 4 is 11.9 Å². The highest BCUT2D eigenvalue weighted by Crippen LogP contribution is 2.36. The van der Waals surface area contributed by atoms with E-state index in [0.717, 1.165) is 12.8 Å². The van der Waals surface area contributed by atoms with Gasteiger partial charge in [0.25, 0.3) is 0 Å². The number of hydrogen-bond acceptors (Lipinski definition) is 5. The largest absolute Gasteiger partial charge is 0.465 e. The summed E-state index contributed by atoms with van der Waals surface area (Å²) in [6.45, 7) is 3.69. The molecule has 1 fully saturated rings. The molecule has 0 bridgehead atoms. The maximum Gasteiger partial charge on any atom is 0.323 e. The highest BCUT2D eigenvalue weighted by Gasteiger charge is 2.44. The number of hydrogen-bond donors (Lipinski definition) is 1. The molecule has 5 nitrogen and oxygen atoms in total. The van der Waals surface area contributed by atoms with E-state index in [0.29, 0.717) is 0 Å². The Morgan fingerprint density at radius 3 is 1.94 bits per heavy atom. The molecule has 0 saturated heterocycles. The summed E-state index contributed by atoms with van der Waals surface area (Å²) in [7, 11) is 0. The SMILES string of the molecule is CCOC(=O)C(C(=O)OCC)C(O)C1CC1. The number of ether oxygens (including phenoxy) is 2. The minimum Gasteiger partial charge on any atom is -0.465 e. The molecule has 0 heterocycles. The minimum absolute atomic E-state index is 0.0267. The van der Waals surface area contributed by atoms with Crippen LogP contribution in [0, 0.1) is 11.8 Å². The molecule has 5 heteroatoms. The Kier molecular flexibility index (Phi) is 4.73. The van der Waals surface area contributed by atoms with Crippen molar-refractivity contribution in [3.8, 4) is 0 Å². The van der Waals surface area contributed by atoms with Gasteiger partial charge in [-0.15, -0.1) is 0 Å². The Morgan fingerprint density at radius 2 is 1.62 bits per heavy atom. The zero-order valence-corrected chi connectivity index (χ0v) is 9.64. The van der Waals surface area contributed by atoms with E-state index in [9.17, 15) is 14.7 Å². The summed E-state index contributed by atoms with van der Waals surface area (Å²) < 4.78 is 9.54. The summed E-state index contributed by atoms with van der Waals surface area (Å²) in [6.07, 6.45) is 0.713. The van der Waals surface area contributed by atoms with Gasteiger partial charge in [0.1, 0.15) is 0 Å². The third-order valence-electron chi connectivity index (χ3n) is 2.53. The van der Waals surface area contributed by atoms with Gasteiger partial charge >= 0.3 is 11.9 Å². The fraction of sp³-hybridized carbons (Fsp3) is 0.818. The lowest BCUT2D eigenvalue weighted by atomic mass is 9.99. The first-order valence-corrected chi connectivity index (χ1v) is 5.63. The molecular formula is C11H18O5. The predicted octanol–water partition coefficient (Wildman–Crippen LogP) is 0.500. The van der Waals surface area contributed by atoms with Crippen LogP contribution in [0.1, 0.15) is 26.7 Å². The number of rotatable bonds is 6. The van der Waals surface area contributed by atoms with Crippen molar-refractivity contribution in [2.75, 3.05) is 13.2 Å². The molecule has 0 aromatic heterocycles. The Morgan fingerprint density at radius 1 is 1.19 bits per heavy atom. The van der Waals surface area contributed by atoms with E-state index in [1.165, 1.54) is 0 Å². The molecular weight excluding hydrogens is 212 g/mol. The fourth-order valence-corrected chi connectivity index (χ4v) is 1.55. The standard InChI is InChI=1S/C11H18O5/c1-3-15-10(13)8(11(14)16-4-2)9(12)7-5-6-7/h7-9,12H,3-6H2,1-2H3. The van der Waals surface area contributed by atoms with Crippen molar-refractivity contribution in [3.63, 3.8) is 0 Å². The summed E-state index contributed by atoms with van der Waals surface area (Å²) in [5.74, 6) is -2.55. The molecule has 1 aliphatic rings. The van der Waals surface area contributed by atoms with E-state index in [2.05, 4.69) is 0 Å². The van der Waals surface area contributed by atoms with Crippen LogP contribution in [0.25, 0.3) is 0 Å². The van der Waals surface area contributed by atoms with E-state index in [1.54, 1.807) is 13.8 Å². The molecule has 0 aromatic rings. The number of esters is 2. The molecule has 0 spiro atoms. The lowest BCUT2D eigenvalue weighted by Gasteiger charge is -2.19. The first-order chi connectivity index (χ1) is 7.61. The second kappa shape index (κ2) is 5.84. The van der Waals surface area contributed by atoms with Gasteiger partial charge in [-0.2, -0.15) is 0 Å². The monoisotopic (exact) mass is 230 g/mol. The van der Waals surface area contributed by atoms with Crippen LogP contribution < -0.4 is 0 Å². The fourth-order valence-electron chi connectivity index (χ4n) is 1.55. The predicted molar refractivity (Wildman–Crippen MR) is 55.5 cm³/mol. The van der Waals surface area contributed by atoms with Crippen LogP contribution in [-0.2, 0) is 19.1 Å². The molecule has 92 valence electrons. The normalized spacial score (nSPS) is 17.0. The van der Waals surface area contributed by atoms with Crippen molar-refractivity contribution in [3.05, 3.63) is 0 Å². The van der Waals surface area contributed by atoms with Crippen molar-refractivity contribution in [1.29, 1.82) is 0 Å². The average Bonchev–Trinajstić information content (AvgIpc) is 3.01. The number of carbonyl (C=O) groups is 2. The van der Waals surface area contributed by atoms with E-state index < -0.39 is 24.0 Å². The molecule has 0 amide bonds. The number of aliphatic hydroxyl groups excluding tert-OH is 1. The second-order valence-electron chi connectivity index (χ2n) is 3.81. The third-order valence-corrected chi connectivity index (χ3v) is 2.53. The number of carbonyl (C=O) groups excluding carboxylic acids is 2. The Hall–Kier alpha value is -1.10. The molecule has 1 atom stereocenters. The number of aliphatic hydroxyl groups is 1. The highest BCUT2D eigenvalue weighted by molar-refractivity contribution is 5.95. The Bertz CT molecular complexity index is 241.